The van der Waals surface area contributed by atoms with E-state index in [4.69, 9.17) is 0 Å². The van der Waals surface area contributed by atoms with Gasteiger partial charge in [0.15, 0.2) is 0 Å². The SMILES string of the molecule is C[C@@H](O)[C@H]1CCCC[C@@H]1O. The van der Waals surface area contributed by atoms with E-state index in [0.717, 1.165) is 25.7 Å². The van der Waals surface area contributed by atoms with Crippen LogP contribution in [0.25, 0.3) is 0 Å². The van der Waals surface area contributed by atoms with Crippen LogP contribution in [-0.2, 0) is 0 Å². The van der Waals surface area contributed by atoms with Crippen LogP contribution in [0.3, 0.4) is 0 Å². The van der Waals surface area contributed by atoms with Crippen LogP contribution in [0.15, 0.2) is 0 Å². The molecule has 10 heavy (non-hydrogen) atoms. The van der Waals surface area contributed by atoms with Gasteiger partial charge < -0.3 is 10.2 Å². The Morgan fingerprint density at radius 1 is 1.30 bits per heavy atom. The zero-order valence-corrected chi connectivity index (χ0v) is 6.45. The van der Waals surface area contributed by atoms with Crippen LogP contribution in [-0.4, -0.2) is 22.4 Å². The monoisotopic (exact) mass is 144 g/mol. The minimum atomic E-state index is -0.338. The fourth-order valence-electron chi connectivity index (χ4n) is 1.70. The van der Waals surface area contributed by atoms with Crippen LogP contribution in [0.5, 0.6) is 0 Å². The summed E-state index contributed by atoms with van der Waals surface area (Å²) >= 11 is 0. The minimum absolute atomic E-state index is 0.133. The van der Waals surface area contributed by atoms with E-state index in [9.17, 15) is 10.2 Å². The minimum Gasteiger partial charge on any atom is -0.393 e. The van der Waals surface area contributed by atoms with Crippen molar-refractivity contribution < 1.29 is 10.2 Å². The number of aliphatic hydroxyl groups excluding tert-OH is 2. The zero-order valence-electron chi connectivity index (χ0n) is 6.45. The fraction of sp³-hybridized carbons (Fsp3) is 1.00. The van der Waals surface area contributed by atoms with E-state index in [-0.39, 0.29) is 18.1 Å². The van der Waals surface area contributed by atoms with Crippen LogP contribution in [0.1, 0.15) is 32.6 Å². The van der Waals surface area contributed by atoms with E-state index in [0.29, 0.717) is 0 Å². The van der Waals surface area contributed by atoms with Gasteiger partial charge in [-0.2, -0.15) is 0 Å². The Morgan fingerprint density at radius 3 is 2.30 bits per heavy atom. The van der Waals surface area contributed by atoms with Gasteiger partial charge in [-0.3, -0.25) is 0 Å². The van der Waals surface area contributed by atoms with Gasteiger partial charge in [-0.15, -0.1) is 0 Å². The van der Waals surface area contributed by atoms with Crippen LogP contribution in [0.4, 0.5) is 0 Å². The van der Waals surface area contributed by atoms with Crippen molar-refractivity contribution in [3.8, 4) is 0 Å². The molecular weight excluding hydrogens is 128 g/mol. The molecule has 0 heterocycles. The molecule has 60 valence electrons. The molecule has 1 rings (SSSR count). The maximum Gasteiger partial charge on any atom is 0.0593 e. The van der Waals surface area contributed by atoms with Crippen LogP contribution in [0, 0.1) is 5.92 Å². The van der Waals surface area contributed by atoms with Gasteiger partial charge in [-0.1, -0.05) is 12.8 Å². The molecule has 1 aliphatic carbocycles. The molecule has 1 saturated carbocycles. The van der Waals surface area contributed by atoms with Crippen molar-refractivity contribution in [1.82, 2.24) is 0 Å². The van der Waals surface area contributed by atoms with Gasteiger partial charge in [0.2, 0.25) is 0 Å². The van der Waals surface area contributed by atoms with Crippen molar-refractivity contribution in [3.63, 3.8) is 0 Å². The highest BCUT2D eigenvalue weighted by Gasteiger charge is 2.26. The number of hydrogen-bond donors (Lipinski definition) is 2. The first-order valence-electron chi connectivity index (χ1n) is 4.08. The third kappa shape index (κ3) is 1.70. The van der Waals surface area contributed by atoms with Crippen molar-refractivity contribution in [3.05, 3.63) is 0 Å². The van der Waals surface area contributed by atoms with Crippen molar-refractivity contribution in [2.24, 2.45) is 5.92 Å². The molecule has 1 aliphatic rings. The molecule has 0 aromatic carbocycles. The van der Waals surface area contributed by atoms with Gasteiger partial charge in [-0.25, -0.2) is 0 Å². The predicted molar refractivity (Wildman–Crippen MR) is 39.6 cm³/mol. The number of hydrogen-bond acceptors (Lipinski definition) is 2. The van der Waals surface area contributed by atoms with Gasteiger partial charge >= 0.3 is 0 Å². The molecule has 2 heteroatoms. The van der Waals surface area contributed by atoms with Crippen molar-refractivity contribution in [2.45, 2.75) is 44.8 Å². The smallest absolute Gasteiger partial charge is 0.0593 e. The lowest BCUT2D eigenvalue weighted by Crippen LogP contribution is -2.32. The van der Waals surface area contributed by atoms with E-state index in [1.165, 1.54) is 0 Å². The molecule has 2 N–H and O–H groups in total. The lowest BCUT2D eigenvalue weighted by Gasteiger charge is -2.29. The molecular formula is C8H16O2. The molecule has 0 spiro atoms. The van der Waals surface area contributed by atoms with Crippen molar-refractivity contribution in [2.75, 3.05) is 0 Å². The van der Waals surface area contributed by atoms with Gasteiger partial charge in [0.25, 0.3) is 0 Å². The second-order valence-corrected chi connectivity index (χ2v) is 3.26. The Kier molecular flexibility index (Phi) is 2.69. The van der Waals surface area contributed by atoms with Crippen molar-refractivity contribution in [1.29, 1.82) is 0 Å². The third-order valence-corrected chi connectivity index (χ3v) is 2.40. The first-order valence-corrected chi connectivity index (χ1v) is 4.08. The van der Waals surface area contributed by atoms with Crippen LogP contribution >= 0.6 is 0 Å². The van der Waals surface area contributed by atoms with Gasteiger partial charge in [0.1, 0.15) is 0 Å². The Labute approximate surface area is 61.9 Å². The standard InChI is InChI=1S/C8H16O2/c1-6(9)7-4-2-3-5-8(7)10/h6-10H,2-5H2,1H3/t6-,7-,8+/m1/s1. The second-order valence-electron chi connectivity index (χ2n) is 3.26. The molecule has 0 unspecified atom stereocenters. The Hall–Kier alpha value is -0.0800. The lowest BCUT2D eigenvalue weighted by atomic mass is 9.83. The van der Waals surface area contributed by atoms with E-state index in [1.807, 2.05) is 0 Å². The van der Waals surface area contributed by atoms with Crippen molar-refractivity contribution >= 4 is 0 Å². The third-order valence-electron chi connectivity index (χ3n) is 2.40. The summed E-state index contributed by atoms with van der Waals surface area (Å²) < 4.78 is 0. The molecule has 0 saturated heterocycles. The summed E-state index contributed by atoms with van der Waals surface area (Å²) in [6, 6.07) is 0. The summed E-state index contributed by atoms with van der Waals surface area (Å²) in [6.07, 6.45) is 3.54. The number of aliphatic hydroxyl groups is 2. The summed E-state index contributed by atoms with van der Waals surface area (Å²) in [5, 5.41) is 18.6. The molecule has 0 radical (unpaired) electrons. The number of rotatable bonds is 1. The molecule has 0 bridgehead atoms. The highest BCUT2D eigenvalue weighted by molar-refractivity contribution is 4.77. The molecule has 0 aromatic rings. The molecule has 3 atom stereocenters. The largest absolute Gasteiger partial charge is 0.393 e. The van der Waals surface area contributed by atoms with E-state index < -0.39 is 0 Å². The van der Waals surface area contributed by atoms with Gasteiger partial charge in [0, 0.05) is 5.92 Å². The molecule has 0 aliphatic heterocycles. The summed E-state index contributed by atoms with van der Waals surface area (Å²) in [4.78, 5) is 0. The predicted octanol–water partition coefficient (Wildman–Crippen LogP) is 0.918. The first-order chi connectivity index (χ1) is 4.72. The van der Waals surface area contributed by atoms with E-state index in [2.05, 4.69) is 0 Å². The van der Waals surface area contributed by atoms with Gasteiger partial charge in [-0.05, 0) is 19.8 Å². The topological polar surface area (TPSA) is 40.5 Å². The summed E-state index contributed by atoms with van der Waals surface area (Å²) in [6.45, 7) is 1.76. The fourth-order valence-corrected chi connectivity index (χ4v) is 1.70. The van der Waals surface area contributed by atoms with E-state index in [1.54, 1.807) is 6.92 Å². The Balaban J connectivity index is 2.40. The lowest BCUT2D eigenvalue weighted by molar-refractivity contribution is -0.00384. The maximum atomic E-state index is 9.38. The van der Waals surface area contributed by atoms with Gasteiger partial charge in [0.05, 0.1) is 12.2 Å². The molecule has 0 amide bonds. The molecule has 0 aromatic heterocycles. The summed E-state index contributed by atoms with van der Waals surface area (Å²) in [5.41, 5.74) is 0. The first kappa shape index (κ1) is 8.02. The summed E-state index contributed by atoms with van der Waals surface area (Å²) in [5.74, 6) is 0.133. The van der Waals surface area contributed by atoms with Crippen LogP contribution in [0.2, 0.25) is 0 Å². The normalized spacial score (nSPS) is 37.5. The average molecular weight is 144 g/mol. The Bertz CT molecular complexity index is 101. The average Bonchev–Trinajstić information content (AvgIpc) is 1.88. The quantitative estimate of drug-likeness (QED) is 0.574. The highest BCUT2D eigenvalue weighted by atomic mass is 16.3. The Morgan fingerprint density at radius 2 is 1.90 bits per heavy atom. The highest BCUT2D eigenvalue weighted by Crippen LogP contribution is 2.26. The molecule has 1 fully saturated rings. The molecule has 2 nitrogen and oxygen atoms in total. The maximum absolute atomic E-state index is 9.38. The zero-order chi connectivity index (χ0) is 7.56. The van der Waals surface area contributed by atoms with E-state index >= 15 is 0 Å². The van der Waals surface area contributed by atoms with Crippen LogP contribution < -0.4 is 0 Å². The second kappa shape index (κ2) is 3.35. The summed E-state index contributed by atoms with van der Waals surface area (Å²) in [7, 11) is 0.